The van der Waals surface area contributed by atoms with Gasteiger partial charge in [-0.1, -0.05) is 13.0 Å². The summed E-state index contributed by atoms with van der Waals surface area (Å²) in [5, 5.41) is 9.00. The van der Waals surface area contributed by atoms with Crippen molar-refractivity contribution in [3.05, 3.63) is 18.4 Å². The molecule has 1 saturated heterocycles. The first-order chi connectivity index (χ1) is 10.1. The van der Waals surface area contributed by atoms with Gasteiger partial charge in [-0.05, 0) is 59.4 Å². The van der Waals surface area contributed by atoms with E-state index in [1.165, 1.54) is 18.9 Å². The highest BCUT2D eigenvalue weighted by Gasteiger charge is 2.20. The van der Waals surface area contributed by atoms with Gasteiger partial charge in [-0.3, -0.25) is 4.79 Å². The minimum absolute atomic E-state index is 0.167. The monoisotopic (exact) mass is 295 g/mol. The third-order valence-electron chi connectivity index (χ3n) is 4.25. The summed E-state index contributed by atoms with van der Waals surface area (Å²) in [6.07, 6.45) is 6.35. The van der Waals surface area contributed by atoms with Gasteiger partial charge in [0.2, 0.25) is 0 Å². The molecule has 0 aromatic heterocycles. The van der Waals surface area contributed by atoms with Crippen LogP contribution in [0.4, 0.5) is 0 Å². The molecule has 0 aromatic carbocycles. The van der Waals surface area contributed by atoms with Gasteiger partial charge >= 0.3 is 0 Å². The maximum absolute atomic E-state index is 11.6. The van der Waals surface area contributed by atoms with Crippen LogP contribution in [0.1, 0.15) is 32.1 Å². The van der Waals surface area contributed by atoms with Gasteiger partial charge in [0.25, 0.3) is 0 Å². The van der Waals surface area contributed by atoms with Crippen LogP contribution in [-0.4, -0.2) is 66.6 Å². The van der Waals surface area contributed by atoms with E-state index in [0.29, 0.717) is 12.5 Å². The molecule has 5 nitrogen and oxygen atoms in total. The van der Waals surface area contributed by atoms with Crippen LogP contribution < -0.4 is 5.48 Å². The molecule has 5 heteroatoms. The topological polar surface area (TPSA) is 55.8 Å². The van der Waals surface area contributed by atoms with Gasteiger partial charge in [0.05, 0.1) is 6.04 Å². The van der Waals surface area contributed by atoms with Crippen LogP contribution in [-0.2, 0) is 4.79 Å². The van der Waals surface area contributed by atoms with Crippen molar-refractivity contribution < 1.29 is 10.0 Å². The second kappa shape index (κ2) is 9.87. The number of rotatable bonds is 9. The van der Waals surface area contributed by atoms with Gasteiger partial charge in [-0.25, -0.2) is 0 Å². The van der Waals surface area contributed by atoms with E-state index < -0.39 is 6.04 Å². The molecule has 0 bridgehead atoms. The first kappa shape index (κ1) is 18.1. The van der Waals surface area contributed by atoms with Crippen molar-refractivity contribution in [2.75, 3.05) is 33.7 Å². The highest BCUT2D eigenvalue weighted by molar-refractivity contribution is 5.93. The summed E-state index contributed by atoms with van der Waals surface area (Å²) in [6.45, 7) is 6.76. The Morgan fingerprint density at radius 2 is 2.14 bits per heavy atom. The Balaban J connectivity index is 2.17. The summed E-state index contributed by atoms with van der Waals surface area (Å²) in [5.74, 6) is -0.167. The predicted octanol–water partition coefficient (Wildman–Crippen LogP) is 1.44. The normalized spacial score (nSPS) is 18.5. The van der Waals surface area contributed by atoms with E-state index in [1.54, 1.807) is 0 Å². The Bertz CT molecular complexity index is 357. The summed E-state index contributed by atoms with van der Waals surface area (Å²) in [5.41, 5.74) is 4.53. The number of unbranched alkanes of at least 4 members (excludes halogenated alkanes) is 1. The van der Waals surface area contributed by atoms with Crippen LogP contribution in [0.3, 0.4) is 0 Å². The molecule has 1 fully saturated rings. The quantitative estimate of drug-likeness (QED) is 0.292. The van der Waals surface area contributed by atoms with Crippen molar-refractivity contribution >= 4 is 5.78 Å². The molecule has 0 aliphatic carbocycles. The number of nitrogens with one attached hydrogen (secondary N) is 1. The summed E-state index contributed by atoms with van der Waals surface area (Å²) < 4.78 is 0. The molecule has 0 amide bonds. The van der Waals surface area contributed by atoms with Gasteiger partial charge in [0, 0.05) is 12.1 Å². The third kappa shape index (κ3) is 6.55. The highest BCUT2D eigenvalue weighted by Crippen LogP contribution is 2.15. The van der Waals surface area contributed by atoms with E-state index in [0.717, 1.165) is 32.5 Å². The maximum atomic E-state index is 11.6. The average molecular weight is 295 g/mol. The maximum Gasteiger partial charge on any atom is 0.182 e. The molecular formula is C16H29N3O2. The van der Waals surface area contributed by atoms with Gasteiger partial charge in [0.1, 0.15) is 0 Å². The molecule has 0 radical (unpaired) electrons. The van der Waals surface area contributed by atoms with Gasteiger partial charge in [-0.15, -0.1) is 5.73 Å². The molecule has 120 valence electrons. The molecule has 1 heterocycles. The highest BCUT2D eigenvalue weighted by atomic mass is 16.5. The first-order valence-electron chi connectivity index (χ1n) is 7.76. The van der Waals surface area contributed by atoms with Crippen LogP contribution >= 0.6 is 0 Å². The van der Waals surface area contributed by atoms with Crippen molar-refractivity contribution in [2.24, 2.45) is 0 Å². The summed E-state index contributed by atoms with van der Waals surface area (Å²) >= 11 is 0. The summed E-state index contributed by atoms with van der Waals surface area (Å²) in [6, 6.07) is 0.186. The number of carbonyl (C=O) groups excluding carboxylic acids is 1. The van der Waals surface area contributed by atoms with Crippen molar-refractivity contribution in [3.8, 4) is 0 Å². The molecular weight excluding hydrogens is 266 g/mol. The van der Waals surface area contributed by atoms with Crippen LogP contribution in [0.2, 0.25) is 0 Å². The van der Waals surface area contributed by atoms with E-state index in [4.69, 9.17) is 5.21 Å². The van der Waals surface area contributed by atoms with Crippen LogP contribution in [0.25, 0.3) is 0 Å². The predicted molar refractivity (Wildman–Crippen MR) is 84.4 cm³/mol. The summed E-state index contributed by atoms with van der Waals surface area (Å²) in [7, 11) is 4.30. The van der Waals surface area contributed by atoms with Crippen LogP contribution in [0, 0.1) is 0 Å². The Morgan fingerprint density at radius 1 is 1.48 bits per heavy atom. The fraction of sp³-hybridized carbons (Fsp3) is 0.750. The Hall–Kier alpha value is -0.970. The van der Waals surface area contributed by atoms with Crippen molar-refractivity contribution in [2.45, 2.75) is 44.2 Å². The molecule has 0 unspecified atom stereocenters. The third-order valence-corrected chi connectivity index (χ3v) is 4.25. The summed E-state index contributed by atoms with van der Waals surface area (Å²) in [4.78, 5) is 16.4. The molecule has 0 saturated carbocycles. The number of hydrogen-bond donors (Lipinski definition) is 2. The van der Waals surface area contributed by atoms with Gasteiger partial charge in [-0.2, -0.15) is 5.48 Å². The largest absolute Gasteiger partial charge is 0.316 e. The van der Waals surface area contributed by atoms with E-state index >= 15 is 0 Å². The number of ketones is 1. The van der Waals surface area contributed by atoms with E-state index in [2.05, 4.69) is 41.7 Å². The van der Waals surface area contributed by atoms with E-state index in [-0.39, 0.29) is 5.78 Å². The molecule has 2 N–H and O–H groups in total. The smallest absolute Gasteiger partial charge is 0.182 e. The van der Waals surface area contributed by atoms with Crippen LogP contribution in [0.5, 0.6) is 0 Å². The number of hydroxylamine groups is 1. The molecule has 1 atom stereocenters. The average Bonchev–Trinajstić information content (AvgIpc) is 2.48. The second-order valence-electron chi connectivity index (χ2n) is 5.96. The standard InChI is InChI=1S/C16H29N3O2/c1-4-7-16(20)15(17-21)8-5-6-11-19-12-9-14(10-13-19)18(2)3/h7,14-15,17,21H,1,5-6,8-13H2,2-3H3/t15-/m0/s1. The zero-order valence-corrected chi connectivity index (χ0v) is 13.3. The lowest BCUT2D eigenvalue weighted by atomic mass is 10.0. The zero-order chi connectivity index (χ0) is 15.7. The van der Waals surface area contributed by atoms with Gasteiger partial charge < -0.3 is 15.0 Å². The number of nitrogens with zero attached hydrogens (tertiary/aromatic N) is 2. The Morgan fingerprint density at radius 3 is 2.67 bits per heavy atom. The second-order valence-corrected chi connectivity index (χ2v) is 5.96. The SMILES string of the molecule is C=C=CC(=O)[C@H](CCCCN1CCC(N(C)C)CC1)NO. The molecule has 0 aromatic rings. The number of piperidine rings is 1. The lowest BCUT2D eigenvalue weighted by molar-refractivity contribution is -0.119. The van der Waals surface area contributed by atoms with Crippen molar-refractivity contribution in [1.29, 1.82) is 0 Å². The van der Waals surface area contributed by atoms with Gasteiger partial charge in [0.15, 0.2) is 5.78 Å². The zero-order valence-electron chi connectivity index (χ0n) is 13.3. The minimum Gasteiger partial charge on any atom is -0.316 e. The fourth-order valence-electron chi connectivity index (χ4n) is 2.81. The van der Waals surface area contributed by atoms with E-state index in [1.807, 2.05) is 0 Å². The first-order valence-corrected chi connectivity index (χ1v) is 7.76. The number of carbonyl (C=O) groups is 1. The lowest BCUT2D eigenvalue weighted by Crippen LogP contribution is -2.42. The molecule has 1 aliphatic rings. The minimum atomic E-state index is -0.529. The fourth-order valence-corrected chi connectivity index (χ4v) is 2.81. The Kier molecular flexibility index (Phi) is 8.50. The number of hydrogen-bond acceptors (Lipinski definition) is 5. The molecule has 21 heavy (non-hydrogen) atoms. The lowest BCUT2D eigenvalue weighted by Gasteiger charge is -2.35. The number of likely N-dealkylation sites (tertiary alicyclic amines) is 1. The Labute approximate surface area is 128 Å². The molecule has 1 rings (SSSR count). The molecule has 1 aliphatic heterocycles. The van der Waals surface area contributed by atoms with E-state index in [9.17, 15) is 4.79 Å². The van der Waals surface area contributed by atoms with Crippen LogP contribution in [0.15, 0.2) is 18.4 Å². The molecule has 0 spiro atoms. The van der Waals surface area contributed by atoms with Crippen molar-refractivity contribution in [3.63, 3.8) is 0 Å². The van der Waals surface area contributed by atoms with Crippen molar-refractivity contribution in [1.82, 2.24) is 15.3 Å².